The molecule has 0 aliphatic heterocycles. The van der Waals surface area contributed by atoms with Crippen molar-refractivity contribution >= 4 is 47.0 Å². The maximum Gasteiger partial charge on any atom is 0.337 e. The lowest BCUT2D eigenvalue weighted by molar-refractivity contribution is -0.135. The summed E-state index contributed by atoms with van der Waals surface area (Å²) in [5, 5.41) is 0.564. The monoisotopic (exact) mass is 457 g/mol. The van der Waals surface area contributed by atoms with Gasteiger partial charge < -0.3 is 9.47 Å². The van der Waals surface area contributed by atoms with E-state index < -0.39 is 11.9 Å². The number of halogens is 1. The SMILES string of the molecule is CCOC(=O)/C=c1/s/c(=C/c2cccc(Cl)c2)c(=O)n1Cc1ccc(C(=O)OC)cc1. The lowest BCUT2D eigenvalue weighted by atomic mass is 10.1. The number of aromatic nitrogens is 1. The van der Waals surface area contributed by atoms with Crippen LogP contribution in [0, 0.1) is 0 Å². The van der Waals surface area contributed by atoms with E-state index in [0.29, 0.717) is 19.8 Å². The van der Waals surface area contributed by atoms with Crippen molar-refractivity contribution in [3.05, 3.63) is 89.8 Å². The van der Waals surface area contributed by atoms with E-state index in [2.05, 4.69) is 0 Å². The van der Waals surface area contributed by atoms with Crippen molar-refractivity contribution < 1.29 is 19.1 Å². The van der Waals surface area contributed by atoms with Gasteiger partial charge in [-0.25, -0.2) is 9.59 Å². The van der Waals surface area contributed by atoms with Crippen LogP contribution in [0.25, 0.3) is 12.2 Å². The van der Waals surface area contributed by atoms with Gasteiger partial charge in [-0.1, -0.05) is 35.9 Å². The smallest absolute Gasteiger partial charge is 0.337 e. The second-order valence-electron chi connectivity index (χ2n) is 6.48. The summed E-state index contributed by atoms with van der Waals surface area (Å²) >= 11 is 7.24. The molecule has 2 aromatic carbocycles. The molecule has 31 heavy (non-hydrogen) atoms. The molecule has 0 unspecified atom stereocenters. The number of ether oxygens (including phenoxy) is 2. The van der Waals surface area contributed by atoms with Crippen molar-refractivity contribution in [2.75, 3.05) is 13.7 Å². The molecule has 0 amide bonds. The number of esters is 2. The second-order valence-corrected chi connectivity index (χ2v) is 7.98. The Balaban J connectivity index is 2.07. The first-order valence-corrected chi connectivity index (χ1v) is 10.6. The fourth-order valence-corrected chi connectivity index (χ4v) is 4.10. The van der Waals surface area contributed by atoms with E-state index in [1.165, 1.54) is 29.1 Å². The van der Waals surface area contributed by atoms with Crippen LogP contribution in [-0.4, -0.2) is 30.2 Å². The van der Waals surface area contributed by atoms with E-state index in [1.54, 1.807) is 55.5 Å². The van der Waals surface area contributed by atoms with Crippen LogP contribution in [0.3, 0.4) is 0 Å². The molecule has 3 aromatic rings. The molecule has 0 fully saturated rings. The van der Waals surface area contributed by atoms with Crippen LogP contribution in [-0.2, 0) is 20.8 Å². The lowest BCUT2D eigenvalue weighted by Gasteiger charge is -2.04. The zero-order valence-corrected chi connectivity index (χ0v) is 18.5. The van der Waals surface area contributed by atoms with Crippen LogP contribution in [0.2, 0.25) is 5.02 Å². The number of carbonyl (C=O) groups is 2. The number of benzene rings is 2. The predicted octanol–water partition coefficient (Wildman–Crippen LogP) is 2.57. The summed E-state index contributed by atoms with van der Waals surface area (Å²) in [5.74, 6) is -0.957. The number of nitrogens with zero attached hydrogens (tertiary/aromatic N) is 1. The Kier molecular flexibility index (Phi) is 7.44. The highest BCUT2D eigenvalue weighted by molar-refractivity contribution is 7.07. The van der Waals surface area contributed by atoms with Gasteiger partial charge in [-0.3, -0.25) is 9.36 Å². The molecular weight excluding hydrogens is 438 g/mol. The molecule has 160 valence electrons. The molecule has 0 saturated carbocycles. The third kappa shape index (κ3) is 5.71. The van der Waals surface area contributed by atoms with Gasteiger partial charge in [-0.05, 0) is 48.4 Å². The number of carbonyl (C=O) groups excluding carboxylic acids is 2. The van der Waals surface area contributed by atoms with Gasteiger partial charge in [-0.15, -0.1) is 11.3 Å². The molecule has 0 radical (unpaired) electrons. The molecule has 0 atom stereocenters. The Bertz CT molecular complexity index is 1270. The average molecular weight is 458 g/mol. The molecule has 0 N–H and O–H groups in total. The molecular formula is C23H20ClNO5S. The first-order valence-electron chi connectivity index (χ1n) is 9.44. The van der Waals surface area contributed by atoms with Crippen molar-refractivity contribution in [1.29, 1.82) is 0 Å². The van der Waals surface area contributed by atoms with Crippen molar-refractivity contribution in [2.45, 2.75) is 13.5 Å². The summed E-state index contributed by atoms with van der Waals surface area (Å²) in [4.78, 5) is 36.8. The fraction of sp³-hybridized carbons (Fsp3) is 0.174. The molecule has 0 bridgehead atoms. The van der Waals surface area contributed by atoms with Crippen LogP contribution >= 0.6 is 22.9 Å². The van der Waals surface area contributed by atoms with Gasteiger partial charge in [0, 0.05) is 5.02 Å². The number of hydrogen-bond acceptors (Lipinski definition) is 6. The minimum absolute atomic E-state index is 0.228. The highest BCUT2D eigenvalue weighted by Gasteiger charge is 2.10. The Morgan fingerprint density at radius 2 is 1.90 bits per heavy atom. The number of hydrogen-bond donors (Lipinski definition) is 0. The summed E-state index contributed by atoms with van der Waals surface area (Å²) in [5.41, 5.74) is 1.75. The Morgan fingerprint density at radius 1 is 1.16 bits per heavy atom. The van der Waals surface area contributed by atoms with Gasteiger partial charge >= 0.3 is 11.9 Å². The van der Waals surface area contributed by atoms with E-state index in [9.17, 15) is 14.4 Å². The lowest BCUT2D eigenvalue weighted by Crippen LogP contribution is -2.32. The van der Waals surface area contributed by atoms with E-state index in [0.717, 1.165) is 11.1 Å². The summed E-state index contributed by atoms with van der Waals surface area (Å²) in [6.07, 6.45) is 3.05. The summed E-state index contributed by atoms with van der Waals surface area (Å²) in [6.45, 7) is 2.18. The number of thiazole rings is 1. The molecule has 0 saturated heterocycles. The zero-order valence-electron chi connectivity index (χ0n) is 17.0. The predicted molar refractivity (Wildman–Crippen MR) is 121 cm³/mol. The van der Waals surface area contributed by atoms with Gasteiger partial charge in [0.05, 0.1) is 36.4 Å². The first-order chi connectivity index (χ1) is 14.9. The van der Waals surface area contributed by atoms with Crippen LogP contribution in [0.5, 0.6) is 0 Å². The standard InChI is InChI=1S/C23H20ClNO5S/c1-3-30-21(26)13-20-25(14-15-7-9-17(10-8-15)23(28)29-2)22(27)19(31-20)12-16-5-4-6-18(24)11-16/h4-13H,3,14H2,1-2H3/b19-12+,20-13+. The van der Waals surface area contributed by atoms with Crippen molar-refractivity contribution in [3.8, 4) is 0 Å². The minimum Gasteiger partial charge on any atom is -0.465 e. The van der Waals surface area contributed by atoms with Gasteiger partial charge in [0.1, 0.15) is 4.66 Å². The van der Waals surface area contributed by atoms with Crippen molar-refractivity contribution in [1.82, 2.24) is 4.57 Å². The van der Waals surface area contributed by atoms with E-state index >= 15 is 0 Å². The molecule has 1 heterocycles. The normalized spacial score (nSPS) is 12.1. The van der Waals surface area contributed by atoms with E-state index in [1.807, 2.05) is 6.07 Å². The molecule has 8 heteroatoms. The van der Waals surface area contributed by atoms with E-state index in [-0.39, 0.29) is 18.7 Å². The van der Waals surface area contributed by atoms with Crippen LogP contribution in [0.1, 0.15) is 28.4 Å². The third-order valence-electron chi connectivity index (χ3n) is 4.33. The highest BCUT2D eigenvalue weighted by atomic mass is 35.5. The Morgan fingerprint density at radius 3 is 2.55 bits per heavy atom. The van der Waals surface area contributed by atoms with Gasteiger partial charge in [0.25, 0.3) is 5.56 Å². The number of rotatable bonds is 6. The van der Waals surface area contributed by atoms with Crippen LogP contribution in [0.4, 0.5) is 0 Å². The van der Waals surface area contributed by atoms with Crippen LogP contribution in [0.15, 0.2) is 53.3 Å². The van der Waals surface area contributed by atoms with Crippen molar-refractivity contribution in [2.24, 2.45) is 0 Å². The quantitative estimate of drug-likeness (QED) is 0.532. The molecule has 0 aliphatic rings. The second kappa shape index (κ2) is 10.2. The first kappa shape index (κ1) is 22.5. The molecule has 1 aromatic heterocycles. The zero-order chi connectivity index (χ0) is 22.4. The van der Waals surface area contributed by atoms with Gasteiger partial charge in [-0.2, -0.15) is 0 Å². The Labute approximate surface area is 187 Å². The molecule has 0 spiro atoms. The average Bonchev–Trinajstić information content (AvgIpc) is 3.02. The van der Waals surface area contributed by atoms with Gasteiger partial charge in [0.15, 0.2) is 0 Å². The maximum atomic E-state index is 13.1. The third-order valence-corrected chi connectivity index (χ3v) is 5.62. The number of methoxy groups -OCH3 is 1. The van der Waals surface area contributed by atoms with E-state index in [4.69, 9.17) is 21.1 Å². The van der Waals surface area contributed by atoms with Crippen molar-refractivity contribution in [3.63, 3.8) is 0 Å². The topological polar surface area (TPSA) is 74.6 Å². The summed E-state index contributed by atoms with van der Waals surface area (Å²) in [6, 6.07) is 13.9. The molecule has 0 aliphatic carbocycles. The molecule has 6 nitrogen and oxygen atoms in total. The molecule has 3 rings (SSSR count). The highest BCUT2D eigenvalue weighted by Crippen LogP contribution is 2.11. The fourth-order valence-electron chi connectivity index (χ4n) is 2.87. The minimum atomic E-state index is -0.521. The summed E-state index contributed by atoms with van der Waals surface area (Å²) < 4.78 is 12.1. The largest absolute Gasteiger partial charge is 0.465 e. The maximum absolute atomic E-state index is 13.1. The Hall–Kier alpha value is -3.16. The summed E-state index contributed by atoms with van der Waals surface area (Å²) in [7, 11) is 1.32. The van der Waals surface area contributed by atoms with Gasteiger partial charge in [0.2, 0.25) is 0 Å². The van der Waals surface area contributed by atoms with Crippen LogP contribution < -0.4 is 14.8 Å².